The molecule has 0 amide bonds. The predicted molar refractivity (Wildman–Crippen MR) is 65.2 cm³/mol. The van der Waals surface area contributed by atoms with E-state index in [4.69, 9.17) is 10.8 Å². The van der Waals surface area contributed by atoms with Gasteiger partial charge in [0.1, 0.15) is 0 Å². The maximum atomic E-state index is 12.9. The van der Waals surface area contributed by atoms with Crippen LogP contribution in [0.1, 0.15) is 17.0 Å². The van der Waals surface area contributed by atoms with Gasteiger partial charge in [0.2, 0.25) is 0 Å². The van der Waals surface area contributed by atoms with E-state index >= 15 is 0 Å². The Kier molecular flexibility index (Phi) is 4.41. The number of alkyl halides is 3. The fourth-order valence-corrected chi connectivity index (χ4v) is 1.74. The Hall–Kier alpha value is -1.76. The summed E-state index contributed by atoms with van der Waals surface area (Å²) in [6, 6.07) is 3.40. The van der Waals surface area contributed by atoms with Crippen LogP contribution in [0.3, 0.4) is 0 Å². The van der Waals surface area contributed by atoms with E-state index in [-0.39, 0.29) is 5.56 Å². The van der Waals surface area contributed by atoms with Crippen molar-refractivity contribution in [1.29, 1.82) is 0 Å². The molecule has 7 heteroatoms. The molecule has 0 aliphatic carbocycles. The van der Waals surface area contributed by atoms with Crippen molar-refractivity contribution in [3.05, 3.63) is 29.3 Å². The molecule has 1 aromatic rings. The first-order chi connectivity index (χ1) is 8.68. The first-order valence-corrected chi connectivity index (χ1v) is 5.49. The van der Waals surface area contributed by atoms with E-state index in [0.717, 1.165) is 6.07 Å². The third kappa shape index (κ3) is 3.37. The molecular weight excluding hydrogens is 261 g/mol. The van der Waals surface area contributed by atoms with Gasteiger partial charge in [-0.3, -0.25) is 4.79 Å². The largest absolute Gasteiger partial charge is 0.481 e. The molecule has 0 saturated carbocycles. The van der Waals surface area contributed by atoms with Crippen LogP contribution in [0.4, 0.5) is 18.9 Å². The standard InChI is InChI=1S/C12H15F3N2O2/c1-17(2)7-3-4-10(12(13,14)15)8(5-7)9(6-16)11(18)19/h3-5,9H,6,16H2,1-2H3,(H,18,19). The number of benzene rings is 1. The second-order valence-corrected chi connectivity index (χ2v) is 4.29. The molecule has 0 aliphatic heterocycles. The van der Waals surface area contributed by atoms with Gasteiger partial charge in [-0.05, 0) is 23.8 Å². The lowest BCUT2D eigenvalue weighted by molar-refractivity contribution is -0.141. The minimum Gasteiger partial charge on any atom is -0.481 e. The van der Waals surface area contributed by atoms with Crippen molar-refractivity contribution >= 4 is 11.7 Å². The molecule has 1 rings (SSSR count). The van der Waals surface area contributed by atoms with E-state index in [1.165, 1.54) is 12.1 Å². The normalized spacial score (nSPS) is 13.2. The Morgan fingerprint density at radius 1 is 1.42 bits per heavy atom. The molecule has 0 fully saturated rings. The molecule has 0 aliphatic rings. The molecule has 3 N–H and O–H groups in total. The third-order valence-corrected chi connectivity index (χ3v) is 2.77. The number of aliphatic carboxylic acids is 1. The number of carboxylic acids is 1. The summed E-state index contributed by atoms with van der Waals surface area (Å²) in [6.45, 7) is -0.394. The number of rotatable bonds is 4. The van der Waals surface area contributed by atoms with Crippen molar-refractivity contribution in [1.82, 2.24) is 0 Å². The average molecular weight is 276 g/mol. The number of nitrogens with zero attached hydrogens (tertiary/aromatic N) is 1. The smallest absolute Gasteiger partial charge is 0.416 e. The van der Waals surface area contributed by atoms with Crippen molar-refractivity contribution in [3.8, 4) is 0 Å². The topological polar surface area (TPSA) is 66.6 Å². The molecule has 0 bridgehead atoms. The van der Waals surface area contributed by atoms with Crippen LogP contribution in [-0.4, -0.2) is 31.7 Å². The van der Waals surface area contributed by atoms with Crippen LogP contribution in [0, 0.1) is 0 Å². The second kappa shape index (κ2) is 5.48. The quantitative estimate of drug-likeness (QED) is 0.881. The van der Waals surface area contributed by atoms with Crippen LogP contribution < -0.4 is 10.6 Å². The summed E-state index contributed by atoms with van der Waals surface area (Å²) in [4.78, 5) is 12.6. The number of nitrogens with two attached hydrogens (primary N) is 1. The van der Waals surface area contributed by atoms with Crippen molar-refractivity contribution in [3.63, 3.8) is 0 Å². The highest BCUT2D eigenvalue weighted by Gasteiger charge is 2.36. The molecule has 0 aromatic heterocycles. The lowest BCUT2D eigenvalue weighted by Gasteiger charge is -2.21. The van der Waals surface area contributed by atoms with Gasteiger partial charge in [0.25, 0.3) is 0 Å². The summed E-state index contributed by atoms with van der Waals surface area (Å²) in [7, 11) is 3.31. The molecule has 1 unspecified atom stereocenters. The van der Waals surface area contributed by atoms with Crippen LogP contribution in [0.5, 0.6) is 0 Å². The highest BCUT2D eigenvalue weighted by Crippen LogP contribution is 2.37. The summed E-state index contributed by atoms with van der Waals surface area (Å²) in [5.74, 6) is -2.75. The van der Waals surface area contributed by atoms with Gasteiger partial charge in [0.05, 0.1) is 11.5 Å². The highest BCUT2D eigenvalue weighted by molar-refractivity contribution is 5.78. The third-order valence-electron chi connectivity index (χ3n) is 2.77. The first-order valence-electron chi connectivity index (χ1n) is 5.49. The van der Waals surface area contributed by atoms with E-state index in [2.05, 4.69) is 0 Å². The average Bonchev–Trinajstić information content (AvgIpc) is 2.27. The lowest BCUT2D eigenvalue weighted by Crippen LogP contribution is -2.25. The number of hydrogen-bond donors (Lipinski definition) is 2. The molecule has 1 aromatic carbocycles. The summed E-state index contributed by atoms with van der Waals surface area (Å²) >= 11 is 0. The van der Waals surface area contributed by atoms with Crippen LogP contribution in [0.15, 0.2) is 18.2 Å². The predicted octanol–water partition coefficient (Wildman–Crippen LogP) is 1.90. The van der Waals surface area contributed by atoms with Gasteiger partial charge in [0.15, 0.2) is 0 Å². The summed E-state index contributed by atoms with van der Waals surface area (Å²) in [5, 5.41) is 8.99. The Balaban J connectivity index is 3.45. The molecule has 0 spiro atoms. The minimum absolute atomic E-state index is 0.311. The lowest BCUT2D eigenvalue weighted by atomic mass is 9.93. The Morgan fingerprint density at radius 3 is 2.37 bits per heavy atom. The van der Waals surface area contributed by atoms with E-state index in [9.17, 15) is 18.0 Å². The van der Waals surface area contributed by atoms with E-state index in [1.54, 1.807) is 19.0 Å². The number of hydrogen-bond acceptors (Lipinski definition) is 3. The Bertz CT molecular complexity index is 473. The fourth-order valence-electron chi connectivity index (χ4n) is 1.74. The van der Waals surface area contributed by atoms with Crippen LogP contribution in [-0.2, 0) is 11.0 Å². The van der Waals surface area contributed by atoms with Gasteiger partial charge >= 0.3 is 12.1 Å². The minimum atomic E-state index is -4.61. The number of carbonyl (C=O) groups is 1. The molecule has 0 heterocycles. The van der Waals surface area contributed by atoms with Gasteiger partial charge in [-0.25, -0.2) is 0 Å². The summed E-state index contributed by atoms with van der Waals surface area (Å²) < 4.78 is 38.7. The zero-order valence-electron chi connectivity index (χ0n) is 10.5. The van der Waals surface area contributed by atoms with Crippen LogP contribution in [0.25, 0.3) is 0 Å². The van der Waals surface area contributed by atoms with Gasteiger partial charge in [-0.2, -0.15) is 13.2 Å². The maximum Gasteiger partial charge on any atom is 0.416 e. The molecular formula is C12H15F3N2O2. The zero-order valence-corrected chi connectivity index (χ0v) is 10.5. The van der Waals surface area contributed by atoms with E-state index in [1.807, 2.05) is 0 Å². The van der Waals surface area contributed by atoms with Crippen molar-refractivity contribution in [2.45, 2.75) is 12.1 Å². The molecule has 0 radical (unpaired) electrons. The van der Waals surface area contributed by atoms with Crippen molar-refractivity contribution in [2.24, 2.45) is 5.73 Å². The molecule has 19 heavy (non-hydrogen) atoms. The zero-order chi connectivity index (χ0) is 14.8. The Labute approximate surface area is 108 Å². The van der Waals surface area contributed by atoms with Gasteiger partial charge in [-0.15, -0.1) is 0 Å². The number of anilines is 1. The van der Waals surface area contributed by atoms with Crippen LogP contribution in [0.2, 0.25) is 0 Å². The Morgan fingerprint density at radius 2 is 2.00 bits per heavy atom. The first kappa shape index (κ1) is 15.3. The SMILES string of the molecule is CN(C)c1ccc(C(F)(F)F)c(C(CN)C(=O)O)c1. The number of carboxylic acid groups (broad SMARTS) is 1. The highest BCUT2D eigenvalue weighted by atomic mass is 19.4. The van der Waals surface area contributed by atoms with Crippen LogP contribution >= 0.6 is 0 Å². The molecule has 4 nitrogen and oxygen atoms in total. The van der Waals surface area contributed by atoms with Gasteiger partial charge in [0, 0.05) is 26.3 Å². The van der Waals surface area contributed by atoms with E-state index in [0.29, 0.717) is 5.69 Å². The van der Waals surface area contributed by atoms with Gasteiger partial charge < -0.3 is 15.7 Å². The van der Waals surface area contributed by atoms with Crippen molar-refractivity contribution < 1.29 is 23.1 Å². The maximum absolute atomic E-state index is 12.9. The monoisotopic (exact) mass is 276 g/mol. The fraction of sp³-hybridized carbons (Fsp3) is 0.417. The molecule has 0 saturated heterocycles. The van der Waals surface area contributed by atoms with Crippen molar-refractivity contribution in [2.75, 3.05) is 25.5 Å². The number of halogens is 3. The summed E-state index contributed by atoms with van der Waals surface area (Å²) in [6.07, 6.45) is -4.61. The van der Waals surface area contributed by atoms with Gasteiger partial charge in [-0.1, -0.05) is 0 Å². The second-order valence-electron chi connectivity index (χ2n) is 4.29. The molecule has 106 valence electrons. The van der Waals surface area contributed by atoms with E-state index < -0.39 is 30.2 Å². The molecule has 1 atom stereocenters. The summed E-state index contributed by atoms with van der Waals surface area (Å²) in [5.41, 5.74) is 4.50.